The van der Waals surface area contributed by atoms with Crippen LogP contribution in [0.3, 0.4) is 0 Å². The molecule has 0 bridgehead atoms. The van der Waals surface area contributed by atoms with Gasteiger partial charge in [0.05, 0.1) is 0 Å². The second-order valence-electron chi connectivity index (χ2n) is 10.3. The summed E-state index contributed by atoms with van der Waals surface area (Å²) in [6.45, 7) is 19.1. The zero-order chi connectivity index (χ0) is 27.4. The largest absolute Gasteiger partial charge is 0.330 e. The predicted octanol–water partition coefficient (Wildman–Crippen LogP) is -0.768. The molecule has 0 amide bonds. The summed E-state index contributed by atoms with van der Waals surface area (Å²) in [7, 11) is 0. The van der Waals surface area contributed by atoms with Gasteiger partial charge in [0.25, 0.3) is 0 Å². The van der Waals surface area contributed by atoms with E-state index < -0.39 is 0 Å². The summed E-state index contributed by atoms with van der Waals surface area (Å²) in [4.78, 5) is 7.60. The van der Waals surface area contributed by atoms with E-state index in [0.717, 1.165) is 104 Å². The third-order valence-corrected chi connectivity index (χ3v) is 7.09. The van der Waals surface area contributed by atoms with Gasteiger partial charge in [0, 0.05) is 91.6 Å². The van der Waals surface area contributed by atoms with Crippen molar-refractivity contribution in [3.05, 3.63) is 0 Å². The molecule has 0 saturated heterocycles. The lowest BCUT2D eigenvalue weighted by Crippen LogP contribution is -2.44. The smallest absolute Gasteiger partial charge is 0.0110 e. The van der Waals surface area contributed by atoms with Gasteiger partial charge in [0.1, 0.15) is 0 Å². The van der Waals surface area contributed by atoms with Gasteiger partial charge in [-0.15, -0.1) is 0 Å². The van der Waals surface area contributed by atoms with Gasteiger partial charge in [0.2, 0.25) is 0 Å². The van der Waals surface area contributed by atoms with Crippen molar-refractivity contribution >= 4 is 0 Å². The van der Waals surface area contributed by atoms with E-state index in [-0.39, 0.29) is 0 Å². The Kier molecular flexibility index (Phi) is 28.3. The summed E-state index contributed by atoms with van der Waals surface area (Å²) in [6.07, 6.45) is 8.58. The summed E-state index contributed by atoms with van der Waals surface area (Å²) in [6, 6.07) is 0. The molecule has 0 spiro atoms. The molecule has 0 fully saturated rings. The highest BCUT2D eigenvalue weighted by molar-refractivity contribution is 4.70. The minimum Gasteiger partial charge on any atom is -0.330 e. The maximum atomic E-state index is 5.87. The molecule has 0 unspecified atom stereocenters. The molecule has 0 aromatic heterocycles. The first kappa shape index (κ1) is 36.6. The van der Waals surface area contributed by atoms with Crippen LogP contribution in [0.4, 0.5) is 0 Å². The molecule has 0 heterocycles. The van der Waals surface area contributed by atoms with Crippen molar-refractivity contribution in [2.75, 3.05) is 118 Å². The fourth-order valence-corrected chi connectivity index (χ4v) is 4.75. The Morgan fingerprint density at radius 1 is 0.459 bits per heavy atom. The normalized spacial score (nSPS) is 12.2. The second kappa shape index (κ2) is 28.6. The molecule has 12 N–H and O–H groups in total. The van der Waals surface area contributed by atoms with Crippen LogP contribution in [0, 0.1) is 5.92 Å². The summed E-state index contributed by atoms with van der Waals surface area (Å²) in [5.41, 5.74) is 28.9. The van der Waals surface area contributed by atoms with Crippen molar-refractivity contribution in [2.24, 2.45) is 34.6 Å². The highest BCUT2D eigenvalue weighted by atomic mass is 15.2. The van der Waals surface area contributed by atoms with Crippen molar-refractivity contribution in [2.45, 2.75) is 51.9 Å². The first-order chi connectivity index (χ1) is 18.1. The molecule has 0 atom stereocenters. The van der Waals surface area contributed by atoms with Crippen LogP contribution in [0.1, 0.15) is 51.9 Å². The molecule has 10 heteroatoms. The van der Waals surface area contributed by atoms with E-state index in [2.05, 4.69) is 32.3 Å². The zero-order valence-corrected chi connectivity index (χ0v) is 24.5. The van der Waals surface area contributed by atoms with E-state index in [1.54, 1.807) is 0 Å². The van der Waals surface area contributed by atoms with Crippen LogP contribution in [0.5, 0.6) is 0 Å². The van der Waals surface area contributed by atoms with Crippen molar-refractivity contribution in [3.8, 4) is 0 Å². The number of unbranched alkanes of at least 4 members (excludes halogenated alkanes) is 3. The van der Waals surface area contributed by atoms with Crippen LogP contribution >= 0.6 is 0 Å². The van der Waals surface area contributed by atoms with Gasteiger partial charge in [0.15, 0.2) is 0 Å². The van der Waals surface area contributed by atoms with Crippen LogP contribution in [0.15, 0.2) is 0 Å². The summed E-state index contributed by atoms with van der Waals surface area (Å²) in [5, 5.41) is 7.09. The lowest BCUT2D eigenvalue weighted by Gasteiger charge is -2.29. The fourth-order valence-electron chi connectivity index (χ4n) is 4.75. The highest BCUT2D eigenvalue weighted by Gasteiger charge is 2.13. The molecule has 0 aliphatic rings. The van der Waals surface area contributed by atoms with E-state index in [9.17, 15) is 0 Å². The third-order valence-electron chi connectivity index (χ3n) is 7.09. The number of rotatable bonds is 30. The number of hydrogen-bond acceptors (Lipinski definition) is 10. The highest BCUT2D eigenvalue weighted by Crippen LogP contribution is 2.13. The lowest BCUT2D eigenvalue weighted by molar-refractivity contribution is 0.189. The molecule has 37 heavy (non-hydrogen) atoms. The monoisotopic (exact) mass is 531 g/mol. The molecule has 0 aliphatic heterocycles. The molecule has 10 nitrogen and oxygen atoms in total. The maximum absolute atomic E-state index is 5.87. The average molecular weight is 531 g/mol. The molecule has 224 valence electrons. The number of nitrogens with one attached hydrogen (secondary N) is 2. The molecule has 0 aliphatic carbocycles. The quantitative estimate of drug-likeness (QED) is 0.0587. The van der Waals surface area contributed by atoms with Crippen molar-refractivity contribution in [1.29, 1.82) is 0 Å². The Morgan fingerprint density at radius 3 is 1.46 bits per heavy atom. The van der Waals surface area contributed by atoms with Crippen LogP contribution in [0.2, 0.25) is 0 Å². The number of hydrogen-bond donors (Lipinski definition) is 7. The molecular formula is C27H66N10. The van der Waals surface area contributed by atoms with Gasteiger partial charge < -0.3 is 44.2 Å². The second-order valence-corrected chi connectivity index (χ2v) is 10.3. The first-order valence-electron chi connectivity index (χ1n) is 15.2. The van der Waals surface area contributed by atoms with Gasteiger partial charge >= 0.3 is 0 Å². The van der Waals surface area contributed by atoms with Gasteiger partial charge in [-0.1, -0.05) is 26.2 Å². The molecule has 0 saturated carbocycles. The number of nitrogens with zero attached hydrogens (tertiary/aromatic N) is 3. The third kappa shape index (κ3) is 23.2. The van der Waals surface area contributed by atoms with Crippen molar-refractivity contribution < 1.29 is 0 Å². The van der Waals surface area contributed by atoms with Crippen molar-refractivity contribution in [1.82, 2.24) is 25.3 Å². The van der Waals surface area contributed by atoms with Gasteiger partial charge in [-0.05, 0) is 57.8 Å². The molecule has 0 aromatic rings. The van der Waals surface area contributed by atoms with E-state index >= 15 is 0 Å². The van der Waals surface area contributed by atoms with Gasteiger partial charge in [-0.25, -0.2) is 0 Å². The first-order valence-corrected chi connectivity index (χ1v) is 15.2. The van der Waals surface area contributed by atoms with Crippen molar-refractivity contribution in [3.63, 3.8) is 0 Å². The standard InChI is InChI=1S/C27H66N10/c1-2-3-4-5-18-35(19-8-27(6-9-28)7-10-29)25-26-37(23-15-33-14-11-30)24-17-34-16-22-36(20-12-31)21-13-32/h27,33-34H,2-26,28-32H2,1H3. The van der Waals surface area contributed by atoms with Crippen LogP contribution in [0.25, 0.3) is 0 Å². The molecule has 0 radical (unpaired) electrons. The maximum Gasteiger partial charge on any atom is 0.0110 e. The Hall–Kier alpha value is -0.400. The molecule has 0 rings (SSSR count). The lowest BCUT2D eigenvalue weighted by atomic mass is 9.97. The topological polar surface area (TPSA) is 164 Å². The Morgan fingerprint density at radius 2 is 0.973 bits per heavy atom. The molecular weight excluding hydrogens is 464 g/mol. The van der Waals surface area contributed by atoms with Crippen LogP contribution in [-0.4, -0.2) is 133 Å². The minimum atomic E-state index is 0.645. The SMILES string of the molecule is CCCCCCN(CCC(CCN)CCN)CCN(CCNCCN)CCNCCN(CCN)CCN. The fraction of sp³-hybridized carbons (Fsp3) is 1.00. The van der Waals surface area contributed by atoms with E-state index in [0.29, 0.717) is 25.6 Å². The zero-order valence-electron chi connectivity index (χ0n) is 24.5. The van der Waals surface area contributed by atoms with E-state index in [4.69, 9.17) is 28.7 Å². The van der Waals surface area contributed by atoms with Gasteiger partial charge in [-0.2, -0.15) is 0 Å². The van der Waals surface area contributed by atoms with Crippen LogP contribution in [-0.2, 0) is 0 Å². The summed E-state index contributed by atoms with van der Waals surface area (Å²) >= 11 is 0. The van der Waals surface area contributed by atoms with E-state index in [1.165, 1.54) is 38.6 Å². The Bertz CT molecular complexity index is 431. The number of nitrogens with two attached hydrogens (primary N) is 5. The Balaban J connectivity index is 4.75. The molecule has 0 aromatic carbocycles. The Labute approximate surface area is 229 Å². The average Bonchev–Trinajstić information content (AvgIpc) is 2.89. The van der Waals surface area contributed by atoms with E-state index in [1.807, 2.05) is 0 Å². The predicted molar refractivity (Wildman–Crippen MR) is 162 cm³/mol. The summed E-state index contributed by atoms with van der Waals surface area (Å²) in [5.74, 6) is 0.645. The summed E-state index contributed by atoms with van der Waals surface area (Å²) < 4.78 is 0. The van der Waals surface area contributed by atoms with Gasteiger partial charge in [-0.3, -0.25) is 9.80 Å². The minimum absolute atomic E-state index is 0.645. The van der Waals surface area contributed by atoms with Crippen LogP contribution < -0.4 is 39.3 Å².